The van der Waals surface area contributed by atoms with E-state index in [2.05, 4.69) is 4.98 Å². The maximum Gasteiger partial charge on any atom is 0.405 e. The van der Waals surface area contributed by atoms with E-state index < -0.39 is 11.7 Å². The molecule has 1 heterocycles. The summed E-state index contributed by atoms with van der Waals surface area (Å²) in [5.41, 5.74) is 6.53. The molecule has 0 fully saturated rings. The molecule has 0 aliphatic heterocycles. The number of aryl methyl sites for hydroxylation is 1. The molecule has 110 valence electrons. The minimum Gasteiger partial charge on any atom is -0.444 e. The van der Waals surface area contributed by atoms with Crippen LogP contribution < -0.4 is 5.73 Å². The van der Waals surface area contributed by atoms with Crippen molar-refractivity contribution in [2.24, 2.45) is 11.7 Å². The first-order valence-corrected chi connectivity index (χ1v) is 6.69. The molecule has 0 spiro atoms. The number of carbonyl (C=O) groups excluding carboxylic acids is 1. The standard InChI is InChI=1S/C15H23N3O2/c1-10(9-15(3,4)20-14(17)19)8-12(16)13-7-5-6-11(2)18-13/h5-7,10,16H,8-9H2,1-4H3,(H2,17,19)/t10-/m1/s1. The highest BCUT2D eigenvalue weighted by molar-refractivity contribution is 5.96. The van der Waals surface area contributed by atoms with Gasteiger partial charge in [0.15, 0.2) is 0 Å². The summed E-state index contributed by atoms with van der Waals surface area (Å²) < 4.78 is 5.07. The third kappa shape index (κ3) is 5.38. The summed E-state index contributed by atoms with van der Waals surface area (Å²) in [5.74, 6) is 0.194. The molecule has 20 heavy (non-hydrogen) atoms. The number of primary amides is 1. The maximum atomic E-state index is 10.8. The molecular formula is C15H23N3O2. The molecule has 1 aromatic rings. The highest BCUT2D eigenvalue weighted by Gasteiger charge is 2.25. The number of hydrogen-bond acceptors (Lipinski definition) is 4. The van der Waals surface area contributed by atoms with Gasteiger partial charge in [0.25, 0.3) is 0 Å². The van der Waals surface area contributed by atoms with E-state index in [0.717, 1.165) is 5.69 Å². The number of nitrogens with one attached hydrogen (secondary N) is 1. The largest absolute Gasteiger partial charge is 0.444 e. The Morgan fingerprint density at radius 3 is 2.70 bits per heavy atom. The van der Waals surface area contributed by atoms with Gasteiger partial charge in [-0.2, -0.15) is 0 Å². The molecule has 0 radical (unpaired) electrons. The normalized spacial score (nSPS) is 12.8. The van der Waals surface area contributed by atoms with Crippen LogP contribution in [0.25, 0.3) is 0 Å². The molecule has 3 N–H and O–H groups in total. The molecule has 0 bridgehead atoms. The number of amides is 1. The van der Waals surface area contributed by atoms with Crippen molar-refractivity contribution in [2.75, 3.05) is 0 Å². The molecule has 1 atom stereocenters. The first-order chi connectivity index (χ1) is 9.19. The van der Waals surface area contributed by atoms with Gasteiger partial charge in [0, 0.05) is 5.69 Å². The fraction of sp³-hybridized carbons (Fsp3) is 0.533. The first-order valence-electron chi connectivity index (χ1n) is 6.69. The molecule has 0 unspecified atom stereocenters. The van der Waals surface area contributed by atoms with Crippen LogP contribution in [0, 0.1) is 18.3 Å². The predicted molar refractivity (Wildman–Crippen MR) is 78.9 cm³/mol. The van der Waals surface area contributed by atoms with Gasteiger partial charge in [0.2, 0.25) is 0 Å². The van der Waals surface area contributed by atoms with E-state index >= 15 is 0 Å². The number of nitrogens with zero attached hydrogens (tertiary/aromatic N) is 1. The van der Waals surface area contributed by atoms with Crippen LogP contribution in [0.15, 0.2) is 18.2 Å². The monoisotopic (exact) mass is 277 g/mol. The zero-order chi connectivity index (χ0) is 15.3. The Bertz CT molecular complexity index is 498. The number of nitrogens with two attached hydrogens (primary N) is 1. The van der Waals surface area contributed by atoms with Gasteiger partial charge < -0.3 is 15.9 Å². The number of pyridine rings is 1. The van der Waals surface area contributed by atoms with Crippen molar-refractivity contribution in [1.29, 1.82) is 5.41 Å². The zero-order valence-electron chi connectivity index (χ0n) is 12.6. The van der Waals surface area contributed by atoms with Crippen LogP contribution in [0.4, 0.5) is 4.79 Å². The molecule has 5 nitrogen and oxygen atoms in total. The average molecular weight is 277 g/mol. The van der Waals surface area contributed by atoms with Gasteiger partial charge in [-0.05, 0) is 51.7 Å². The first kappa shape index (κ1) is 16.1. The van der Waals surface area contributed by atoms with Gasteiger partial charge in [-0.3, -0.25) is 4.98 Å². The van der Waals surface area contributed by atoms with Gasteiger partial charge in [0.1, 0.15) is 5.60 Å². The third-order valence-electron chi connectivity index (χ3n) is 2.97. The van der Waals surface area contributed by atoms with Crippen molar-refractivity contribution >= 4 is 11.8 Å². The molecule has 0 aliphatic carbocycles. The number of aromatic nitrogens is 1. The lowest BCUT2D eigenvalue weighted by molar-refractivity contribution is 0.0290. The van der Waals surface area contributed by atoms with Crippen LogP contribution >= 0.6 is 0 Å². The van der Waals surface area contributed by atoms with Crippen molar-refractivity contribution in [3.8, 4) is 0 Å². The number of hydrogen-bond donors (Lipinski definition) is 2. The van der Waals surface area contributed by atoms with Crippen LogP contribution in [0.1, 0.15) is 45.0 Å². The molecule has 5 heteroatoms. The Labute approximate surface area is 120 Å². The predicted octanol–water partition coefficient (Wildman–Crippen LogP) is 3.05. The van der Waals surface area contributed by atoms with Gasteiger partial charge in [0.05, 0.1) is 11.4 Å². The van der Waals surface area contributed by atoms with Crippen molar-refractivity contribution in [2.45, 2.75) is 46.1 Å². The second-order valence-corrected chi connectivity index (χ2v) is 5.84. The minimum atomic E-state index is -0.766. The molecule has 1 amide bonds. The average Bonchev–Trinajstić information content (AvgIpc) is 2.25. The Morgan fingerprint density at radius 2 is 2.15 bits per heavy atom. The summed E-state index contributed by atoms with van der Waals surface area (Å²) in [7, 11) is 0. The second kappa shape index (κ2) is 6.50. The van der Waals surface area contributed by atoms with Crippen molar-refractivity contribution in [3.05, 3.63) is 29.6 Å². The summed E-state index contributed by atoms with van der Waals surface area (Å²) in [6, 6.07) is 5.65. The minimum absolute atomic E-state index is 0.194. The van der Waals surface area contributed by atoms with Crippen molar-refractivity contribution in [1.82, 2.24) is 4.98 Å². The lowest BCUT2D eigenvalue weighted by atomic mass is 9.90. The highest BCUT2D eigenvalue weighted by atomic mass is 16.6. The fourth-order valence-electron chi connectivity index (χ4n) is 2.39. The molecule has 0 saturated carbocycles. The Kier molecular flexibility index (Phi) is 5.25. The van der Waals surface area contributed by atoms with Crippen molar-refractivity contribution < 1.29 is 9.53 Å². The highest BCUT2D eigenvalue weighted by Crippen LogP contribution is 2.23. The van der Waals surface area contributed by atoms with E-state index in [1.807, 2.05) is 45.9 Å². The van der Waals surface area contributed by atoms with E-state index in [1.54, 1.807) is 0 Å². The summed E-state index contributed by atoms with van der Waals surface area (Å²) >= 11 is 0. The van der Waals surface area contributed by atoms with Crippen LogP contribution in [-0.2, 0) is 4.74 Å². The van der Waals surface area contributed by atoms with Gasteiger partial charge in [-0.25, -0.2) is 4.79 Å². The number of ether oxygens (including phenoxy) is 1. The molecule has 0 saturated heterocycles. The van der Waals surface area contributed by atoms with Crippen LogP contribution in [-0.4, -0.2) is 22.4 Å². The summed E-state index contributed by atoms with van der Waals surface area (Å²) in [6.07, 6.45) is 0.462. The van der Waals surface area contributed by atoms with Crippen LogP contribution in [0.5, 0.6) is 0 Å². The second-order valence-electron chi connectivity index (χ2n) is 5.84. The molecule has 0 aromatic carbocycles. The lowest BCUT2D eigenvalue weighted by Crippen LogP contribution is -2.33. The van der Waals surface area contributed by atoms with Gasteiger partial charge >= 0.3 is 6.09 Å². The Hall–Kier alpha value is -1.91. The van der Waals surface area contributed by atoms with Gasteiger partial charge in [-0.15, -0.1) is 0 Å². The van der Waals surface area contributed by atoms with E-state index in [0.29, 0.717) is 24.2 Å². The topological polar surface area (TPSA) is 89.1 Å². The van der Waals surface area contributed by atoms with E-state index in [-0.39, 0.29) is 5.92 Å². The van der Waals surface area contributed by atoms with E-state index in [9.17, 15) is 4.79 Å². The Balaban J connectivity index is 2.60. The lowest BCUT2D eigenvalue weighted by Gasteiger charge is -2.27. The SMILES string of the molecule is Cc1cccc(C(=N)C[C@@H](C)CC(C)(C)OC(N)=O)n1. The quantitative estimate of drug-likeness (QED) is 0.783. The molecule has 1 aromatic heterocycles. The number of carbonyl (C=O) groups is 1. The maximum absolute atomic E-state index is 10.8. The Morgan fingerprint density at radius 1 is 1.50 bits per heavy atom. The summed E-state index contributed by atoms with van der Waals surface area (Å²) in [5, 5.41) is 8.11. The summed E-state index contributed by atoms with van der Waals surface area (Å²) in [6.45, 7) is 7.58. The smallest absolute Gasteiger partial charge is 0.405 e. The molecule has 0 aliphatic rings. The third-order valence-corrected chi connectivity index (χ3v) is 2.97. The number of rotatable bonds is 6. The van der Waals surface area contributed by atoms with Crippen LogP contribution in [0.3, 0.4) is 0 Å². The van der Waals surface area contributed by atoms with Gasteiger partial charge in [-0.1, -0.05) is 13.0 Å². The van der Waals surface area contributed by atoms with Crippen molar-refractivity contribution in [3.63, 3.8) is 0 Å². The fourth-order valence-corrected chi connectivity index (χ4v) is 2.39. The molecular weight excluding hydrogens is 254 g/mol. The summed E-state index contributed by atoms with van der Waals surface area (Å²) in [4.78, 5) is 15.2. The zero-order valence-corrected chi connectivity index (χ0v) is 12.6. The molecule has 1 rings (SSSR count). The van der Waals surface area contributed by atoms with E-state index in [4.69, 9.17) is 15.9 Å². The van der Waals surface area contributed by atoms with E-state index in [1.165, 1.54) is 0 Å². The van der Waals surface area contributed by atoms with Crippen LogP contribution in [0.2, 0.25) is 0 Å².